The molecule has 1 atom stereocenters. The van der Waals surface area contributed by atoms with Gasteiger partial charge in [0.05, 0.1) is 35.4 Å². The van der Waals surface area contributed by atoms with Crippen molar-refractivity contribution in [1.29, 1.82) is 0 Å². The molecule has 1 N–H and O–H groups in total. The SMILES string of the molecule is O=C(NCC(c1ccco1)N1CCCC1)c1cc(-c2ccccc2)c(N2CCOCC2)s1. The maximum Gasteiger partial charge on any atom is 0.261 e. The molecule has 2 aromatic heterocycles. The number of anilines is 1. The Hall–Kier alpha value is -2.61. The van der Waals surface area contributed by atoms with Crippen molar-refractivity contribution in [2.45, 2.75) is 18.9 Å². The number of nitrogens with zero attached hydrogens (tertiary/aromatic N) is 2. The molecule has 2 saturated heterocycles. The normalized spacial score (nSPS) is 18.1. The van der Waals surface area contributed by atoms with Crippen molar-refractivity contribution in [3.63, 3.8) is 0 Å². The number of nitrogens with one attached hydrogen (secondary N) is 1. The number of ether oxygens (including phenoxy) is 1. The Kier molecular flexibility index (Phi) is 6.57. The van der Waals surface area contributed by atoms with Crippen LogP contribution < -0.4 is 10.2 Å². The van der Waals surface area contributed by atoms with E-state index in [0.29, 0.717) is 19.8 Å². The van der Waals surface area contributed by atoms with Gasteiger partial charge in [-0.1, -0.05) is 30.3 Å². The van der Waals surface area contributed by atoms with Gasteiger partial charge in [0.2, 0.25) is 0 Å². The molecule has 0 spiro atoms. The molecule has 0 bridgehead atoms. The van der Waals surface area contributed by atoms with Gasteiger partial charge in [0.25, 0.3) is 5.91 Å². The van der Waals surface area contributed by atoms with Crippen molar-refractivity contribution in [2.75, 3.05) is 50.8 Å². The highest BCUT2D eigenvalue weighted by Crippen LogP contribution is 2.39. The van der Waals surface area contributed by atoms with Crippen LogP contribution in [0.1, 0.15) is 34.3 Å². The van der Waals surface area contributed by atoms with E-state index in [1.807, 2.05) is 36.4 Å². The first-order valence-electron chi connectivity index (χ1n) is 11.4. The number of carbonyl (C=O) groups excluding carboxylic acids is 1. The number of amides is 1. The van der Waals surface area contributed by atoms with Gasteiger partial charge in [-0.05, 0) is 49.7 Å². The summed E-state index contributed by atoms with van der Waals surface area (Å²) in [5, 5.41) is 4.33. The maximum absolute atomic E-state index is 13.2. The van der Waals surface area contributed by atoms with Crippen molar-refractivity contribution >= 4 is 22.2 Å². The Labute approximate surface area is 192 Å². The van der Waals surface area contributed by atoms with Gasteiger partial charge >= 0.3 is 0 Å². The van der Waals surface area contributed by atoms with Crippen molar-refractivity contribution in [2.24, 2.45) is 0 Å². The fraction of sp³-hybridized carbons (Fsp3) is 0.400. The Balaban J connectivity index is 1.36. The lowest BCUT2D eigenvalue weighted by molar-refractivity contribution is 0.0938. The molecule has 2 fully saturated rings. The summed E-state index contributed by atoms with van der Waals surface area (Å²) < 4.78 is 11.2. The minimum absolute atomic E-state index is 0.0255. The second kappa shape index (κ2) is 9.90. The van der Waals surface area contributed by atoms with Gasteiger partial charge in [-0.3, -0.25) is 9.69 Å². The minimum Gasteiger partial charge on any atom is -0.468 e. The smallest absolute Gasteiger partial charge is 0.261 e. The first-order chi connectivity index (χ1) is 15.8. The van der Waals surface area contributed by atoms with Crippen molar-refractivity contribution in [3.05, 3.63) is 65.4 Å². The van der Waals surface area contributed by atoms with Crippen molar-refractivity contribution in [3.8, 4) is 11.1 Å². The Morgan fingerprint density at radius 3 is 2.53 bits per heavy atom. The summed E-state index contributed by atoms with van der Waals surface area (Å²) in [6.07, 6.45) is 4.10. The van der Waals surface area contributed by atoms with E-state index in [4.69, 9.17) is 9.15 Å². The van der Waals surface area contributed by atoms with Gasteiger partial charge in [-0.15, -0.1) is 11.3 Å². The molecule has 168 valence electrons. The molecule has 1 unspecified atom stereocenters. The Bertz CT molecular complexity index is 1010. The predicted molar refractivity (Wildman–Crippen MR) is 127 cm³/mol. The van der Waals surface area contributed by atoms with E-state index < -0.39 is 0 Å². The molecule has 0 saturated carbocycles. The first-order valence-corrected chi connectivity index (χ1v) is 12.2. The van der Waals surface area contributed by atoms with Crippen molar-refractivity contribution < 1.29 is 13.9 Å². The van der Waals surface area contributed by atoms with Crippen LogP contribution in [0, 0.1) is 0 Å². The molecule has 2 aliphatic heterocycles. The van der Waals surface area contributed by atoms with E-state index >= 15 is 0 Å². The van der Waals surface area contributed by atoms with Gasteiger partial charge in [-0.2, -0.15) is 0 Å². The summed E-state index contributed by atoms with van der Waals surface area (Å²) in [5.74, 6) is 0.889. The molecule has 1 aromatic carbocycles. The van der Waals surface area contributed by atoms with Crippen LogP contribution in [0.25, 0.3) is 11.1 Å². The lowest BCUT2D eigenvalue weighted by Gasteiger charge is -2.28. The van der Waals surface area contributed by atoms with E-state index in [2.05, 4.69) is 27.2 Å². The highest BCUT2D eigenvalue weighted by Gasteiger charge is 2.27. The van der Waals surface area contributed by atoms with Gasteiger partial charge in [-0.25, -0.2) is 0 Å². The molecular formula is C25H29N3O3S. The molecule has 6 nitrogen and oxygen atoms in total. The lowest BCUT2D eigenvalue weighted by Crippen LogP contribution is -2.36. The number of rotatable bonds is 7. The molecule has 0 radical (unpaired) electrons. The summed E-state index contributed by atoms with van der Waals surface area (Å²) >= 11 is 1.57. The van der Waals surface area contributed by atoms with Crippen LogP contribution in [0.4, 0.5) is 5.00 Å². The number of hydrogen-bond donors (Lipinski definition) is 1. The third-order valence-electron chi connectivity index (χ3n) is 6.23. The summed E-state index contributed by atoms with van der Waals surface area (Å²) in [6, 6.07) is 16.3. The molecule has 5 rings (SSSR count). The summed E-state index contributed by atoms with van der Waals surface area (Å²) in [7, 11) is 0. The second-order valence-corrected chi connectivity index (χ2v) is 9.31. The van der Waals surface area contributed by atoms with Crippen LogP contribution in [-0.2, 0) is 4.74 Å². The van der Waals surface area contributed by atoms with Crippen LogP contribution in [0.15, 0.2) is 59.2 Å². The third-order valence-corrected chi connectivity index (χ3v) is 7.42. The van der Waals surface area contributed by atoms with Gasteiger partial charge in [0.1, 0.15) is 5.76 Å². The standard InChI is InChI=1S/C25H29N3O3S/c29-24(26-18-21(22-9-6-14-31-22)27-10-4-5-11-27)23-17-20(19-7-2-1-3-8-19)25(32-23)28-12-15-30-16-13-28/h1-3,6-9,14,17,21H,4-5,10-13,15-16,18H2,(H,26,29). The zero-order valence-corrected chi connectivity index (χ0v) is 19.0. The van der Waals surface area contributed by atoms with E-state index in [0.717, 1.165) is 52.9 Å². The van der Waals surface area contributed by atoms with Crippen LogP contribution >= 0.6 is 11.3 Å². The quantitative estimate of drug-likeness (QED) is 0.577. The number of morpholine rings is 1. The number of hydrogen-bond acceptors (Lipinski definition) is 6. The largest absolute Gasteiger partial charge is 0.468 e. The van der Waals surface area contributed by atoms with Gasteiger partial charge < -0.3 is 19.4 Å². The molecule has 0 aliphatic carbocycles. The fourth-order valence-corrected chi connectivity index (χ4v) is 5.69. The average Bonchev–Trinajstić information content (AvgIpc) is 3.63. The summed E-state index contributed by atoms with van der Waals surface area (Å²) in [4.78, 5) is 18.7. The topological polar surface area (TPSA) is 58.0 Å². The van der Waals surface area contributed by atoms with Gasteiger partial charge in [0, 0.05) is 25.2 Å². The van der Waals surface area contributed by atoms with Crippen molar-refractivity contribution in [1.82, 2.24) is 10.2 Å². The number of furan rings is 1. The molecule has 32 heavy (non-hydrogen) atoms. The fourth-order valence-electron chi connectivity index (χ4n) is 4.54. The van der Waals surface area contributed by atoms with E-state index in [9.17, 15) is 4.79 Å². The monoisotopic (exact) mass is 451 g/mol. The predicted octanol–water partition coefficient (Wildman–Crippen LogP) is 4.41. The summed E-state index contributed by atoms with van der Waals surface area (Å²) in [5.41, 5.74) is 2.25. The molecule has 4 heterocycles. The first kappa shape index (κ1) is 21.2. The number of likely N-dealkylation sites (tertiary alicyclic amines) is 1. The van der Waals surface area contributed by atoms with Crippen LogP contribution in [0.2, 0.25) is 0 Å². The Morgan fingerprint density at radius 2 is 1.81 bits per heavy atom. The van der Waals surface area contributed by atoms with E-state index in [1.54, 1.807) is 17.6 Å². The second-order valence-electron chi connectivity index (χ2n) is 8.28. The average molecular weight is 452 g/mol. The van der Waals surface area contributed by atoms with Crippen LogP contribution in [-0.4, -0.2) is 56.7 Å². The van der Waals surface area contributed by atoms with E-state index in [1.165, 1.54) is 12.8 Å². The molecule has 2 aliphatic rings. The third kappa shape index (κ3) is 4.60. The zero-order chi connectivity index (χ0) is 21.8. The number of benzene rings is 1. The zero-order valence-electron chi connectivity index (χ0n) is 18.2. The molecular weight excluding hydrogens is 422 g/mol. The molecule has 7 heteroatoms. The number of thiophene rings is 1. The summed E-state index contributed by atoms with van der Waals surface area (Å²) in [6.45, 7) is 5.74. The maximum atomic E-state index is 13.2. The minimum atomic E-state index is -0.0255. The Morgan fingerprint density at radius 1 is 1.03 bits per heavy atom. The molecule has 1 amide bonds. The lowest BCUT2D eigenvalue weighted by atomic mass is 10.1. The van der Waals surface area contributed by atoms with Crippen LogP contribution in [0.5, 0.6) is 0 Å². The number of carbonyl (C=O) groups is 1. The highest BCUT2D eigenvalue weighted by atomic mass is 32.1. The van der Waals surface area contributed by atoms with Gasteiger partial charge in [0.15, 0.2) is 0 Å². The van der Waals surface area contributed by atoms with Crippen LogP contribution in [0.3, 0.4) is 0 Å². The highest BCUT2D eigenvalue weighted by molar-refractivity contribution is 7.18. The molecule has 3 aromatic rings. The van der Waals surface area contributed by atoms with E-state index in [-0.39, 0.29) is 11.9 Å².